The molecule has 0 bridgehead atoms. The minimum Gasteiger partial charge on any atom is -0.362 e. The highest BCUT2D eigenvalue weighted by Crippen LogP contribution is 2.22. The van der Waals surface area contributed by atoms with Crippen molar-refractivity contribution < 1.29 is 0 Å². The number of aromatic nitrogens is 1. The lowest BCUT2D eigenvalue weighted by molar-refractivity contribution is 1.06. The number of rotatable bonds is 2. The summed E-state index contributed by atoms with van der Waals surface area (Å²) in [6.07, 6.45) is 1.73. The van der Waals surface area contributed by atoms with Crippen molar-refractivity contribution in [1.82, 2.24) is 4.98 Å². The largest absolute Gasteiger partial charge is 0.362 e. The molecule has 66 valence electrons. The molecule has 0 aliphatic carbocycles. The molecule has 1 rings (SSSR count). The molecule has 1 aromatic rings. The molecule has 0 N–H and O–H groups in total. The van der Waals surface area contributed by atoms with Gasteiger partial charge in [0.2, 0.25) is 0 Å². The Morgan fingerprint density at radius 3 is 2.58 bits per heavy atom. The summed E-state index contributed by atoms with van der Waals surface area (Å²) in [5.41, 5.74) is 0.937. The zero-order chi connectivity index (χ0) is 9.14. The Balaban J connectivity index is 3.03. The van der Waals surface area contributed by atoms with Gasteiger partial charge in [0.1, 0.15) is 5.82 Å². The summed E-state index contributed by atoms with van der Waals surface area (Å²) >= 11 is 11.6. The number of hydrogen-bond acceptors (Lipinski definition) is 2. The van der Waals surface area contributed by atoms with Gasteiger partial charge < -0.3 is 4.90 Å². The molecule has 0 radical (unpaired) electrons. The van der Waals surface area contributed by atoms with Gasteiger partial charge in [-0.05, 0) is 11.6 Å². The van der Waals surface area contributed by atoms with E-state index in [1.165, 1.54) is 0 Å². The maximum absolute atomic E-state index is 5.94. The fraction of sp³-hybridized carbons (Fsp3) is 0.375. The second-order valence-electron chi connectivity index (χ2n) is 2.68. The van der Waals surface area contributed by atoms with Crippen molar-refractivity contribution in [2.45, 2.75) is 5.88 Å². The summed E-state index contributed by atoms with van der Waals surface area (Å²) in [5.74, 6) is 1.21. The fourth-order valence-corrected chi connectivity index (χ4v) is 1.38. The molecular weight excluding hydrogens is 195 g/mol. The predicted molar refractivity (Wildman–Crippen MR) is 53.1 cm³/mol. The van der Waals surface area contributed by atoms with Crippen LogP contribution < -0.4 is 4.90 Å². The number of anilines is 1. The molecule has 0 aliphatic heterocycles. The van der Waals surface area contributed by atoms with Crippen LogP contribution in [0.15, 0.2) is 12.3 Å². The van der Waals surface area contributed by atoms with Crippen LogP contribution in [0.3, 0.4) is 0 Å². The minimum absolute atomic E-state index is 0.445. The van der Waals surface area contributed by atoms with Gasteiger partial charge in [0.15, 0.2) is 0 Å². The normalized spacial score (nSPS) is 10.0. The molecule has 12 heavy (non-hydrogen) atoms. The second kappa shape index (κ2) is 3.97. The zero-order valence-corrected chi connectivity index (χ0v) is 8.52. The summed E-state index contributed by atoms with van der Waals surface area (Å²) in [4.78, 5) is 6.02. The van der Waals surface area contributed by atoms with Crippen LogP contribution in [0.5, 0.6) is 0 Å². The van der Waals surface area contributed by atoms with Gasteiger partial charge in [-0.15, -0.1) is 11.6 Å². The average molecular weight is 205 g/mol. The van der Waals surface area contributed by atoms with Crippen LogP contribution in [0.4, 0.5) is 5.82 Å². The van der Waals surface area contributed by atoms with Crippen LogP contribution in [0.25, 0.3) is 0 Å². The van der Waals surface area contributed by atoms with E-state index in [-0.39, 0.29) is 0 Å². The van der Waals surface area contributed by atoms with Crippen molar-refractivity contribution in [3.05, 3.63) is 22.8 Å². The van der Waals surface area contributed by atoms with Gasteiger partial charge in [0.05, 0.1) is 5.02 Å². The molecule has 1 heterocycles. The number of pyridine rings is 1. The van der Waals surface area contributed by atoms with Gasteiger partial charge >= 0.3 is 0 Å². The van der Waals surface area contributed by atoms with E-state index in [9.17, 15) is 0 Å². The van der Waals surface area contributed by atoms with Crippen LogP contribution in [-0.2, 0) is 5.88 Å². The first kappa shape index (κ1) is 9.62. The number of halogens is 2. The molecule has 2 nitrogen and oxygen atoms in total. The molecule has 4 heteroatoms. The highest BCUT2D eigenvalue weighted by atomic mass is 35.5. The Labute approximate surface area is 82.1 Å². The van der Waals surface area contributed by atoms with Gasteiger partial charge in [0.25, 0.3) is 0 Å². The SMILES string of the molecule is CN(C)c1ncc(CCl)cc1Cl. The Morgan fingerprint density at radius 1 is 1.50 bits per heavy atom. The lowest BCUT2D eigenvalue weighted by Crippen LogP contribution is -2.11. The standard InChI is InChI=1S/C8H10Cl2N2/c1-12(2)8-7(10)3-6(4-9)5-11-8/h3,5H,4H2,1-2H3. The fourth-order valence-electron chi connectivity index (χ4n) is 0.872. The summed E-state index contributed by atoms with van der Waals surface area (Å²) in [5, 5.41) is 0.637. The molecule has 0 spiro atoms. The van der Waals surface area contributed by atoms with E-state index in [2.05, 4.69) is 4.98 Å². The van der Waals surface area contributed by atoms with E-state index >= 15 is 0 Å². The van der Waals surface area contributed by atoms with Gasteiger partial charge in [-0.1, -0.05) is 11.6 Å². The number of alkyl halides is 1. The van der Waals surface area contributed by atoms with Crippen LogP contribution in [-0.4, -0.2) is 19.1 Å². The van der Waals surface area contributed by atoms with E-state index in [4.69, 9.17) is 23.2 Å². The van der Waals surface area contributed by atoms with Crippen LogP contribution in [0, 0.1) is 0 Å². The minimum atomic E-state index is 0.445. The van der Waals surface area contributed by atoms with E-state index < -0.39 is 0 Å². The van der Waals surface area contributed by atoms with Crippen molar-refractivity contribution in [2.24, 2.45) is 0 Å². The second-order valence-corrected chi connectivity index (χ2v) is 3.35. The first-order valence-electron chi connectivity index (χ1n) is 3.53. The highest BCUT2D eigenvalue weighted by Gasteiger charge is 2.04. The predicted octanol–water partition coefficient (Wildman–Crippen LogP) is 2.54. The molecule has 0 amide bonds. The molecule has 0 fully saturated rings. The summed E-state index contributed by atoms with van der Waals surface area (Å²) in [6.45, 7) is 0. The van der Waals surface area contributed by atoms with E-state index in [1.807, 2.05) is 25.1 Å². The third kappa shape index (κ3) is 2.02. The molecular formula is C8H10Cl2N2. The van der Waals surface area contributed by atoms with Gasteiger partial charge in [-0.3, -0.25) is 0 Å². The van der Waals surface area contributed by atoms with Crippen LogP contribution in [0.1, 0.15) is 5.56 Å². The van der Waals surface area contributed by atoms with Gasteiger partial charge in [0, 0.05) is 26.2 Å². The molecule has 0 aromatic carbocycles. The lowest BCUT2D eigenvalue weighted by atomic mass is 10.3. The van der Waals surface area contributed by atoms with Crippen molar-refractivity contribution >= 4 is 29.0 Å². The Bertz CT molecular complexity index is 274. The average Bonchev–Trinajstić information content (AvgIpc) is 2.03. The van der Waals surface area contributed by atoms with Crippen molar-refractivity contribution in [3.63, 3.8) is 0 Å². The summed E-state index contributed by atoms with van der Waals surface area (Å²) in [7, 11) is 3.79. The maximum atomic E-state index is 5.94. The lowest BCUT2D eigenvalue weighted by Gasteiger charge is -2.12. The molecule has 0 unspecified atom stereocenters. The quantitative estimate of drug-likeness (QED) is 0.689. The van der Waals surface area contributed by atoms with Crippen LogP contribution >= 0.6 is 23.2 Å². The van der Waals surface area contributed by atoms with Crippen molar-refractivity contribution in [1.29, 1.82) is 0 Å². The zero-order valence-electron chi connectivity index (χ0n) is 7.01. The topological polar surface area (TPSA) is 16.1 Å². The summed E-state index contributed by atoms with van der Waals surface area (Å²) in [6, 6.07) is 1.83. The summed E-state index contributed by atoms with van der Waals surface area (Å²) < 4.78 is 0. The highest BCUT2D eigenvalue weighted by molar-refractivity contribution is 6.33. The molecule has 0 aliphatic rings. The third-order valence-corrected chi connectivity index (χ3v) is 2.04. The van der Waals surface area contributed by atoms with E-state index in [0.29, 0.717) is 10.9 Å². The molecule has 1 aromatic heterocycles. The molecule has 0 saturated heterocycles. The smallest absolute Gasteiger partial charge is 0.146 e. The molecule has 0 saturated carbocycles. The maximum Gasteiger partial charge on any atom is 0.146 e. The van der Waals surface area contributed by atoms with Crippen molar-refractivity contribution in [3.8, 4) is 0 Å². The molecule has 0 atom stereocenters. The number of hydrogen-bond donors (Lipinski definition) is 0. The first-order valence-corrected chi connectivity index (χ1v) is 4.44. The monoisotopic (exact) mass is 204 g/mol. The third-order valence-electron chi connectivity index (χ3n) is 1.46. The van der Waals surface area contributed by atoms with E-state index in [0.717, 1.165) is 11.4 Å². The van der Waals surface area contributed by atoms with Gasteiger partial charge in [-0.25, -0.2) is 4.98 Å². The van der Waals surface area contributed by atoms with Crippen molar-refractivity contribution in [2.75, 3.05) is 19.0 Å². The Morgan fingerprint density at radius 2 is 2.17 bits per heavy atom. The van der Waals surface area contributed by atoms with E-state index in [1.54, 1.807) is 6.20 Å². The van der Waals surface area contributed by atoms with Gasteiger partial charge in [-0.2, -0.15) is 0 Å². The van der Waals surface area contributed by atoms with Crippen LogP contribution in [0.2, 0.25) is 5.02 Å². The number of nitrogens with zero attached hydrogens (tertiary/aromatic N) is 2. The first-order chi connectivity index (χ1) is 5.65. The Hall–Kier alpha value is -0.470. The Kier molecular flexibility index (Phi) is 3.18.